The van der Waals surface area contributed by atoms with Crippen LogP contribution in [0.1, 0.15) is 5.56 Å². The summed E-state index contributed by atoms with van der Waals surface area (Å²) in [4.78, 5) is 26.4. The van der Waals surface area contributed by atoms with Crippen LogP contribution in [0.5, 0.6) is 0 Å². The number of carboxylic acid groups (broad SMARTS) is 1. The Morgan fingerprint density at radius 3 is 2.68 bits per heavy atom. The summed E-state index contributed by atoms with van der Waals surface area (Å²) in [5, 5.41) is 21.1. The van der Waals surface area contributed by atoms with E-state index in [0.29, 0.717) is 5.56 Å². The summed E-state index contributed by atoms with van der Waals surface area (Å²) < 4.78 is 0. The van der Waals surface area contributed by atoms with Gasteiger partial charge < -0.3 is 9.94 Å². The van der Waals surface area contributed by atoms with E-state index in [1.165, 1.54) is 13.2 Å². The van der Waals surface area contributed by atoms with Crippen LogP contribution in [-0.4, -0.2) is 40.0 Å². The maximum absolute atomic E-state index is 11.0. The lowest BCUT2D eigenvalue weighted by Crippen LogP contribution is -2.41. The van der Waals surface area contributed by atoms with Crippen molar-refractivity contribution in [1.82, 2.24) is 5.06 Å². The van der Waals surface area contributed by atoms with Crippen LogP contribution in [0.15, 0.2) is 24.3 Å². The number of hydrogen-bond acceptors (Lipinski definition) is 6. The molecule has 0 radical (unpaired) electrons. The third kappa shape index (κ3) is 3.91. The number of nitro benzene ring substituents is 1. The van der Waals surface area contributed by atoms with Crippen molar-refractivity contribution in [2.75, 3.05) is 12.9 Å². The molecule has 0 aliphatic carbocycles. The monoisotopic (exact) mass is 286 g/mol. The van der Waals surface area contributed by atoms with Gasteiger partial charge in [0.15, 0.2) is 0 Å². The number of nitrogens with zero attached hydrogens (tertiary/aromatic N) is 2. The minimum absolute atomic E-state index is 0.00875. The maximum Gasteiger partial charge on any atom is 0.324 e. The molecule has 0 aliphatic rings. The highest BCUT2D eigenvalue weighted by Gasteiger charge is 2.26. The first-order valence-corrected chi connectivity index (χ1v) is 6.01. The molecular weight excluding hydrogens is 272 g/mol. The van der Waals surface area contributed by atoms with Gasteiger partial charge in [0.05, 0.1) is 18.6 Å². The van der Waals surface area contributed by atoms with Crippen molar-refractivity contribution in [3.63, 3.8) is 0 Å². The zero-order chi connectivity index (χ0) is 14.4. The zero-order valence-corrected chi connectivity index (χ0v) is 11.1. The first-order valence-electron chi connectivity index (χ1n) is 5.38. The number of carboxylic acids is 1. The van der Waals surface area contributed by atoms with Gasteiger partial charge in [-0.15, -0.1) is 0 Å². The van der Waals surface area contributed by atoms with Crippen molar-refractivity contribution >= 4 is 24.3 Å². The first kappa shape index (κ1) is 15.4. The second-order valence-electron chi connectivity index (χ2n) is 3.68. The smallest absolute Gasteiger partial charge is 0.324 e. The Bertz CT molecular complexity index is 468. The molecule has 1 rings (SSSR count). The van der Waals surface area contributed by atoms with Crippen molar-refractivity contribution in [2.24, 2.45) is 0 Å². The molecule has 0 bridgehead atoms. The lowest BCUT2D eigenvalue weighted by atomic mass is 10.1. The molecule has 0 spiro atoms. The second kappa shape index (κ2) is 7.07. The normalized spacial score (nSPS) is 12.4. The standard InChI is InChI=1S/C11H14N2O5S/c1-18-12(10(7-19)11(14)15)6-8-4-2-3-5-9(8)13(16)17/h2-5,10,19H,6-7H2,1H3,(H,14,15)/t10-/m0/s1. The van der Waals surface area contributed by atoms with E-state index in [4.69, 9.17) is 9.94 Å². The van der Waals surface area contributed by atoms with Gasteiger partial charge in [-0.3, -0.25) is 14.9 Å². The molecule has 0 unspecified atom stereocenters. The van der Waals surface area contributed by atoms with Crippen LogP contribution < -0.4 is 0 Å². The van der Waals surface area contributed by atoms with E-state index in [9.17, 15) is 14.9 Å². The lowest BCUT2D eigenvalue weighted by Gasteiger charge is -2.24. The summed E-state index contributed by atoms with van der Waals surface area (Å²) in [5.41, 5.74) is 0.301. The fourth-order valence-electron chi connectivity index (χ4n) is 1.58. The minimum atomic E-state index is -1.10. The molecule has 0 aromatic heterocycles. The van der Waals surface area contributed by atoms with Crippen LogP contribution in [0.25, 0.3) is 0 Å². The van der Waals surface area contributed by atoms with E-state index in [0.717, 1.165) is 5.06 Å². The van der Waals surface area contributed by atoms with Crippen molar-refractivity contribution in [3.05, 3.63) is 39.9 Å². The third-order valence-corrected chi connectivity index (χ3v) is 2.90. The summed E-state index contributed by atoms with van der Waals surface area (Å²) in [6, 6.07) is 5.13. The van der Waals surface area contributed by atoms with Crippen LogP contribution in [0.2, 0.25) is 0 Å². The van der Waals surface area contributed by atoms with Gasteiger partial charge >= 0.3 is 5.97 Å². The zero-order valence-electron chi connectivity index (χ0n) is 10.2. The van der Waals surface area contributed by atoms with E-state index in [1.54, 1.807) is 18.2 Å². The van der Waals surface area contributed by atoms with E-state index in [2.05, 4.69) is 12.6 Å². The summed E-state index contributed by atoms with van der Waals surface area (Å²) in [5.74, 6) is -1.07. The molecule has 0 aliphatic heterocycles. The molecule has 19 heavy (non-hydrogen) atoms. The van der Waals surface area contributed by atoms with Crippen LogP contribution in [-0.2, 0) is 16.2 Å². The number of hydroxylamine groups is 2. The number of hydrogen-bond donors (Lipinski definition) is 2. The Kier molecular flexibility index (Phi) is 5.74. The van der Waals surface area contributed by atoms with E-state index in [-0.39, 0.29) is 18.0 Å². The summed E-state index contributed by atoms with van der Waals surface area (Å²) >= 11 is 3.94. The summed E-state index contributed by atoms with van der Waals surface area (Å²) in [6.45, 7) is -0.00875. The molecular formula is C11H14N2O5S. The van der Waals surface area contributed by atoms with Crippen molar-refractivity contribution in [1.29, 1.82) is 0 Å². The average Bonchev–Trinajstić information content (AvgIpc) is 2.38. The lowest BCUT2D eigenvalue weighted by molar-refractivity contribution is -0.386. The van der Waals surface area contributed by atoms with Gasteiger partial charge in [-0.1, -0.05) is 18.2 Å². The first-order chi connectivity index (χ1) is 9.01. The Hall–Kier alpha value is -1.64. The molecule has 8 heteroatoms. The Morgan fingerprint density at radius 2 is 2.21 bits per heavy atom. The quantitative estimate of drug-likeness (QED) is 0.446. The number of rotatable bonds is 7. The minimum Gasteiger partial charge on any atom is -0.480 e. The molecule has 1 aromatic rings. The highest BCUT2D eigenvalue weighted by atomic mass is 32.1. The average molecular weight is 286 g/mol. The SMILES string of the molecule is CON(Cc1ccccc1[N+](=O)[O-])[C@@H](CS)C(=O)O. The Labute approximate surface area is 115 Å². The van der Waals surface area contributed by atoms with E-state index in [1.807, 2.05) is 0 Å². The molecule has 0 saturated heterocycles. The molecule has 1 N–H and O–H groups in total. The molecule has 7 nitrogen and oxygen atoms in total. The molecule has 0 amide bonds. The van der Waals surface area contributed by atoms with Gasteiger partial charge in [0.25, 0.3) is 5.69 Å². The van der Waals surface area contributed by atoms with Crippen molar-refractivity contribution in [2.45, 2.75) is 12.6 Å². The fourth-order valence-corrected chi connectivity index (χ4v) is 1.92. The second-order valence-corrected chi connectivity index (χ2v) is 4.05. The van der Waals surface area contributed by atoms with Crippen LogP contribution in [0.4, 0.5) is 5.69 Å². The predicted molar refractivity (Wildman–Crippen MR) is 70.9 cm³/mol. The molecule has 1 atom stereocenters. The highest BCUT2D eigenvalue weighted by molar-refractivity contribution is 7.80. The van der Waals surface area contributed by atoms with Crippen LogP contribution in [0, 0.1) is 10.1 Å². The third-order valence-electron chi connectivity index (χ3n) is 2.55. The number of nitro groups is 1. The molecule has 0 saturated carbocycles. The summed E-state index contributed by atoms with van der Waals surface area (Å²) in [6.07, 6.45) is 0. The Morgan fingerprint density at radius 1 is 1.58 bits per heavy atom. The van der Waals surface area contributed by atoms with Gasteiger partial charge in [0.1, 0.15) is 6.04 Å². The van der Waals surface area contributed by atoms with E-state index < -0.39 is 16.9 Å². The van der Waals surface area contributed by atoms with Crippen LogP contribution >= 0.6 is 12.6 Å². The number of aliphatic carboxylic acids is 1. The molecule has 1 aromatic carbocycles. The van der Waals surface area contributed by atoms with Gasteiger partial charge in [-0.25, -0.2) is 0 Å². The topological polar surface area (TPSA) is 92.9 Å². The Balaban J connectivity index is 2.98. The number of carbonyl (C=O) groups is 1. The van der Waals surface area contributed by atoms with Crippen molar-refractivity contribution < 1.29 is 19.7 Å². The van der Waals surface area contributed by atoms with E-state index >= 15 is 0 Å². The van der Waals surface area contributed by atoms with Gasteiger partial charge in [-0.05, 0) is 0 Å². The summed E-state index contributed by atoms with van der Waals surface area (Å²) in [7, 11) is 1.31. The van der Waals surface area contributed by atoms with Gasteiger partial charge in [-0.2, -0.15) is 17.7 Å². The maximum atomic E-state index is 11.0. The highest BCUT2D eigenvalue weighted by Crippen LogP contribution is 2.20. The van der Waals surface area contributed by atoms with Crippen LogP contribution in [0.3, 0.4) is 0 Å². The molecule has 104 valence electrons. The number of para-hydroxylation sites is 1. The van der Waals surface area contributed by atoms with Crippen molar-refractivity contribution in [3.8, 4) is 0 Å². The number of benzene rings is 1. The van der Waals surface area contributed by atoms with Gasteiger partial charge in [0.2, 0.25) is 0 Å². The fraction of sp³-hybridized carbons (Fsp3) is 0.364. The predicted octanol–water partition coefficient (Wildman–Crippen LogP) is 1.34. The number of thiol groups is 1. The largest absolute Gasteiger partial charge is 0.480 e. The molecule has 0 heterocycles. The van der Waals surface area contributed by atoms with Gasteiger partial charge in [0, 0.05) is 17.4 Å². The molecule has 0 fully saturated rings.